The fourth-order valence-corrected chi connectivity index (χ4v) is 1.53. The molecule has 0 fully saturated rings. The predicted molar refractivity (Wildman–Crippen MR) is 56.3 cm³/mol. The fourth-order valence-electron chi connectivity index (χ4n) is 1.53. The molecule has 0 spiro atoms. The van der Waals surface area contributed by atoms with Crippen LogP contribution in [0.2, 0.25) is 0 Å². The van der Waals surface area contributed by atoms with E-state index in [1.54, 1.807) is 0 Å². The van der Waals surface area contributed by atoms with Gasteiger partial charge in [0.15, 0.2) is 12.0 Å². The molecule has 2 rings (SSSR count). The van der Waals surface area contributed by atoms with E-state index in [0.29, 0.717) is 0 Å². The summed E-state index contributed by atoms with van der Waals surface area (Å²) in [6, 6.07) is 6.18. The van der Waals surface area contributed by atoms with E-state index < -0.39 is 0 Å². The number of nitrogens with zero attached hydrogens (tertiary/aromatic N) is 1. The van der Waals surface area contributed by atoms with Crippen LogP contribution in [0.15, 0.2) is 29.0 Å². The van der Waals surface area contributed by atoms with E-state index >= 15 is 0 Å². The van der Waals surface area contributed by atoms with Crippen LogP contribution in [0, 0.1) is 0 Å². The summed E-state index contributed by atoms with van der Waals surface area (Å²) in [4.78, 5) is 4.13. The van der Waals surface area contributed by atoms with Gasteiger partial charge in [0.25, 0.3) is 0 Å². The molecule has 1 N–H and O–H groups in total. The number of fused-ring (bicyclic) bond motifs is 1. The van der Waals surface area contributed by atoms with Gasteiger partial charge in [-0.15, -0.1) is 0 Å². The highest BCUT2D eigenvalue weighted by atomic mass is 16.3. The van der Waals surface area contributed by atoms with Gasteiger partial charge in [-0.3, -0.25) is 0 Å². The normalized spacial score (nSPS) is 10.9. The topological polar surface area (TPSA) is 38.1 Å². The van der Waals surface area contributed by atoms with Crippen LogP contribution in [0.25, 0.3) is 11.1 Å². The summed E-state index contributed by atoms with van der Waals surface area (Å²) < 4.78 is 5.18. The van der Waals surface area contributed by atoms with Crippen LogP contribution in [-0.4, -0.2) is 18.6 Å². The minimum absolute atomic E-state index is 0.863. The van der Waals surface area contributed by atoms with Crippen LogP contribution < -0.4 is 5.32 Å². The smallest absolute Gasteiger partial charge is 0.181 e. The van der Waals surface area contributed by atoms with Crippen molar-refractivity contribution in [1.29, 1.82) is 0 Å². The summed E-state index contributed by atoms with van der Waals surface area (Å²) in [6.45, 7) is 1.05. The molecular formula is C11H14N2O. The van der Waals surface area contributed by atoms with Crippen molar-refractivity contribution in [3.63, 3.8) is 0 Å². The van der Waals surface area contributed by atoms with E-state index in [4.69, 9.17) is 4.42 Å². The summed E-state index contributed by atoms with van der Waals surface area (Å²) in [6.07, 6.45) is 3.73. The third-order valence-corrected chi connectivity index (χ3v) is 2.29. The number of aromatic nitrogens is 1. The van der Waals surface area contributed by atoms with Crippen molar-refractivity contribution in [3.05, 3.63) is 30.2 Å². The lowest BCUT2D eigenvalue weighted by Gasteiger charge is -2.00. The number of aryl methyl sites for hydroxylation is 1. The minimum Gasteiger partial charge on any atom is -0.443 e. The average molecular weight is 190 g/mol. The van der Waals surface area contributed by atoms with Crippen molar-refractivity contribution in [2.45, 2.75) is 12.8 Å². The van der Waals surface area contributed by atoms with Crippen molar-refractivity contribution in [1.82, 2.24) is 10.3 Å². The number of oxazole rings is 1. The summed E-state index contributed by atoms with van der Waals surface area (Å²) >= 11 is 0. The zero-order valence-corrected chi connectivity index (χ0v) is 8.29. The van der Waals surface area contributed by atoms with E-state index in [2.05, 4.69) is 22.4 Å². The molecule has 3 nitrogen and oxygen atoms in total. The molecule has 0 bridgehead atoms. The van der Waals surface area contributed by atoms with Crippen LogP contribution in [0.4, 0.5) is 0 Å². The molecule has 1 aromatic carbocycles. The maximum Gasteiger partial charge on any atom is 0.181 e. The molecule has 74 valence electrons. The number of benzene rings is 1. The maximum atomic E-state index is 5.18. The molecule has 1 heterocycles. The molecular weight excluding hydrogens is 176 g/mol. The van der Waals surface area contributed by atoms with Gasteiger partial charge in [0.2, 0.25) is 0 Å². The monoisotopic (exact) mass is 190 g/mol. The highest BCUT2D eigenvalue weighted by Crippen LogP contribution is 2.14. The largest absolute Gasteiger partial charge is 0.443 e. The van der Waals surface area contributed by atoms with Crippen molar-refractivity contribution in [2.24, 2.45) is 0 Å². The van der Waals surface area contributed by atoms with Gasteiger partial charge < -0.3 is 9.73 Å². The average Bonchev–Trinajstić information content (AvgIpc) is 2.65. The lowest BCUT2D eigenvalue weighted by molar-refractivity contribution is 0.602. The minimum atomic E-state index is 0.863. The van der Waals surface area contributed by atoms with E-state index in [0.717, 1.165) is 30.5 Å². The number of nitrogens with one attached hydrogen (secondary N) is 1. The van der Waals surface area contributed by atoms with Crippen LogP contribution in [0.3, 0.4) is 0 Å². The number of hydrogen-bond donors (Lipinski definition) is 1. The van der Waals surface area contributed by atoms with Crippen LogP contribution in [-0.2, 0) is 6.42 Å². The highest BCUT2D eigenvalue weighted by molar-refractivity contribution is 5.72. The first-order valence-corrected chi connectivity index (χ1v) is 4.87. The molecule has 0 aliphatic carbocycles. The molecule has 0 radical (unpaired) electrons. The first-order valence-electron chi connectivity index (χ1n) is 4.87. The molecule has 14 heavy (non-hydrogen) atoms. The Morgan fingerprint density at radius 3 is 3.21 bits per heavy atom. The Balaban J connectivity index is 2.10. The lowest BCUT2D eigenvalue weighted by Crippen LogP contribution is -2.08. The lowest BCUT2D eigenvalue weighted by atomic mass is 10.1. The molecule has 0 unspecified atom stereocenters. The summed E-state index contributed by atoms with van der Waals surface area (Å²) in [5, 5.41) is 3.14. The third-order valence-electron chi connectivity index (χ3n) is 2.29. The second-order valence-electron chi connectivity index (χ2n) is 3.36. The Morgan fingerprint density at radius 1 is 1.43 bits per heavy atom. The molecule has 1 aromatic heterocycles. The quantitative estimate of drug-likeness (QED) is 0.749. The Labute approximate surface area is 83.1 Å². The summed E-state index contributed by atoms with van der Waals surface area (Å²) in [5.74, 6) is 0. The molecule has 3 heteroatoms. The molecule has 0 atom stereocenters. The molecule has 0 amide bonds. The Morgan fingerprint density at radius 2 is 2.36 bits per heavy atom. The Bertz CT molecular complexity index is 408. The predicted octanol–water partition coefficient (Wildman–Crippen LogP) is 1.98. The Kier molecular flexibility index (Phi) is 2.79. The van der Waals surface area contributed by atoms with E-state index in [-0.39, 0.29) is 0 Å². The number of hydrogen-bond acceptors (Lipinski definition) is 3. The summed E-state index contributed by atoms with van der Waals surface area (Å²) in [5.41, 5.74) is 3.14. The van der Waals surface area contributed by atoms with Crippen molar-refractivity contribution in [3.8, 4) is 0 Å². The van der Waals surface area contributed by atoms with E-state index in [1.807, 2.05) is 13.1 Å². The van der Waals surface area contributed by atoms with Gasteiger partial charge in [0.1, 0.15) is 5.52 Å². The second-order valence-corrected chi connectivity index (χ2v) is 3.36. The standard InChI is InChI=1S/C11H14N2O/c1-12-6-2-3-9-4-5-11-10(7-9)13-8-14-11/h4-5,7-8,12H,2-3,6H2,1H3. The van der Waals surface area contributed by atoms with Crippen molar-refractivity contribution >= 4 is 11.1 Å². The van der Waals surface area contributed by atoms with Crippen LogP contribution >= 0.6 is 0 Å². The van der Waals surface area contributed by atoms with Gasteiger partial charge in [-0.25, -0.2) is 4.98 Å². The first kappa shape index (κ1) is 9.21. The molecule has 0 saturated carbocycles. The zero-order valence-electron chi connectivity index (χ0n) is 8.29. The van der Waals surface area contributed by atoms with Gasteiger partial charge in [0, 0.05) is 0 Å². The van der Waals surface area contributed by atoms with Gasteiger partial charge >= 0.3 is 0 Å². The van der Waals surface area contributed by atoms with Gasteiger partial charge in [-0.1, -0.05) is 6.07 Å². The van der Waals surface area contributed by atoms with Crippen LogP contribution in [0.5, 0.6) is 0 Å². The fraction of sp³-hybridized carbons (Fsp3) is 0.364. The van der Waals surface area contributed by atoms with Gasteiger partial charge in [-0.2, -0.15) is 0 Å². The van der Waals surface area contributed by atoms with E-state index in [1.165, 1.54) is 12.0 Å². The first-order chi connectivity index (χ1) is 6.90. The van der Waals surface area contributed by atoms with E-state index in [9.17, 15) is 0 Å². The van der Waals surface area contributed by atoms with Gasteiger partial charge in [-0.05, 0) is 44.1 Å². The second kappa shape index (κ2) is 4.24. The number of rotatable bonds is 4. The highest BCUT2D eigenvalue weighted by Gasteiger charge is 1.99. The van der Waals surface area contributed by atoms with Gasteiger partial charge in [0.05, 0.1) is 0 Å². The molecule has 2 aromatic rings. The zero-order chi connectivity index (χ0) is 9.80. The maximum absolute atomic E-state index is 5.18. The Hall–Kier alpha value is -1.35. The van der Waals surface area contributed by atoms with Crippen LogP contribution in [0.1, 0.15) is 12.0 Å². The van der Waals surface area contributed by atoms with Crippen molar-refractivity contribution < 1.29 is 4.42 Å². The van der Waals surface area contributed by atoms with Crippen molar-refractivity contribution in [2.75, 3.05) is 13.6 Å². The molecule has 0 saturated heterocycles. The summed E-state index contributed by atoms with van der Waals surface area (Å²) in [7, 11) is 1.97. The SMILES string of the molecule is CNCCCc1ccc2ocnc2c1. The molecule has 0 aliphatic rings. The molecule has 0 aliphatic heterocycles. The third kappa shape index (κ3) is 1.93.